The summed E-state index contributed by atoms with van der Waals surface area (Å²) in [6, 6.07) is 6.39. The highest BCUT2D eigenvalue weighted by Gasteiger charge is 2.31. The molecule has 0 spiro atoms. The Balaban J connectivity index is 1.75. The Labute approximate surface area is 172 Å². The number of methoxy groups -OCH3 is 2. The SMILES string of the molecule is COc1cc2c(cc1OC)CN(S(=O)(=O)c1cc3oc(=O)n(C)c3cc1Cl)CC2. The van der Waals surface area contributed by atoms with E-state index in [1.54, 1.807) is 13.2 Å². The van der Waals surface area contributed by atoms with Crippen molar-refractivity contribution in [1.82, 2.24) is 8.87 Å². The van der Waals surface area contributed by atoms with Gasteiger partial charge in [0.05, 0.1) is 24.8 Å². The van der Waals surface area contributed by atoms with Gasteiger partial charge in [0.2, 0.25) is 10.0 Å². The second kappa shape index (κ2) is 7.08. The molecular weight excluding hydrogens is 420 g/mol. The molecule has 1 aliphatic heterocycles. The van der Waals surface area contributed by atoms with Gasteiger partial charge < -0.3 is 13.9 Å². The van der Waals surface area contributed by atoms with Crippen LogP contribution in [-0.2, 0) is 30.0 Å². The number of aryl methyl sites for hydroxylation is 1. The molecule has 0 N–H and O–H groups in total. The summed E-state index contributed by atoms with van der Waals surface area (Å²) in [5, 5.41) is 0.0343. The van der Waals surface area contributed by atoms with Crippen LogP contribution in [0, 0.1) is 0 Å². The highest BCUT2D eigenvalue weighted by molar-refractivity contribution is 7.89. The van der Waals surface area contributed by atoms with Gasteiger partial charge in [-0.15, -0.1) is 0 Å². The van der Waals surface area contributed by atoms with Crippen LogP contribution in [-0.4, -0.2) is 38.1 Å². The third kappa shape index (κ3) is 3.19. The standard InChI is InChI=1S/C19H19ClN2O6S/c1-21-14-8-13(20)18(9-15(14)28-19(21)23)29(24,25)22-5-4-11-6-16(26-2)17(27-3)7-12(11)10-22/h6-9H,4-5,10H2,1-3H3. The fourth-order valence-electron chi connectivity index (χ4n) is 3.53. The number of nitrogens with zero attached hydrogens (tertiary/aromatic N) is 2. The number of rotatable bonds is 4. The van der Waals surface area contributed by atoms with Crippen LogP contribution < -0.4 is 15.2 Å². The molecular formula is C19H19ClN2O6S. The lowest BCUT2D eigenvalue weighted by Gasteiger charge is -2.29. The number of ether oxygens (including phenoxy) is 2. The van der Waals surface area contributed by atoms with Crippen LogP contribution in [0.5, 0.6) is 11.5 Å². The first-order chi connectivity index (χ1) is 13.8. The molecule has 0 saturated carbocycles. The lowest BCUT2D eigenvalue weighted by Crippen LogP contribution is -2.36. The molecule has 0 bridgehead atoms. The fraction of sp³-hybridized carbons (Fsp3) is 0.316. The van der Waals surface area contributed by atoms with Crippen molar-refractivity contribution in [2.24, 2.45) is 7.05 Å². The van der Waals surface area contributed by atoms with Gasteiger partial charge in [-0.1, -0.05) is 11.6 Å². The van der Waals surface area contributed by atoms with Crippen LogP contribution in [0.4, 0.5) is 0 Å². The van der Waals surface area contributed by atoms with Gasteiger partial charge in [0, 0.05) is 26.2 Å². The van der Waals surface area contributed by atoms with Gasteiger partial charge >= 0.3 is 5.76 Å². The minimum absolute atomic E-state index is 0.0343. The summed E-state index contributed by atoms with van der Waals surface area (Å²) in [4.78, 5) is 11.6. The minimum Gasteiger partial charge on any atom is -0.493 e. The van der Waals surface area contributed by atoms with Crippen molar-refractivity contribution in [1.29, 1.82) is 0 Å². The molecule has 10 heteroatoms. The van der Waals surface area contributed by atoms with E-state index in [0.717, 1.165) is 11.1 Å². The van der Waals surface area contributed by atoms with Gasteiger partial charge in [0.15, 0.2) is 17.1 Å². The number of sulfonamides is 1. The zero-order valence-electron chi connectivity index (χ0n) is 16.1. The molecule has 0 fully saturated rings. The molecule has 0 atom stereocenters. The first-order valence-corrected chi connectivity index (χ1v) is 10.6. The number of hydrogen-bond acceptors (Lipinski definition) is 6. The molecule has 0 amide bonds. The number of aromatic nitrogens is 1. The topological polar surface area (TPSA) is 91.0 Å². The quantitative estimate of drug-likeness (QED) is 0.621. The summed E-state index contributed by atoms with van der Waals surface area (Å²) in [6.45, 7) is 0.461. The van der Waals surface area contributed by atoms with Crippen LogP contribution in [0.1, 0.15) is 11.1 Å². The summed E-state index contributed by atoms with van der Waals surface area (Å²) >= 11 is 6.28. The normalized spacial score (nSPS) is 14.8. The lowest BCUT2D eigenvalue weighted by molar-refractivity contribution is 0.348. The molecule has 8 nitrogen and oxygen atoms in total. The largest absolute Gasteiger partial charge is 0.493 e. The average molecular weight is 439 g/mol. The highest BCUT2D eigenvalue weighted by Crippen LogP contribution is 2.36. The van der Waals surface area contributed by atoms with Crippen molar-refractivity contribution >= 4 is 32.7 Å². The zero-order valence-corrected chi connectivity index (χ0v) is 17.6. The molecule has 4 rings (SSSR count). The average Bonchev–Trinajstić information content (AvgIpc) is 2.99. The number of halogens is 1. The molecule has 2 heterocycles. The number of hydrogen-bond donors (Lipinski definition) is 0. The van der Waals surface area contributed by atoms with E-state index >= 15 is 0 Å². The Morgan fingerprint density at radius 2 is 1.72 bits per heavy atom. The molecule has 154 valence electrons. The van der Waals surface area contributed by atoms with Crippen molar-refractivity contribution in [2.45, 2.75) is 17.9 Å². The highest BCUT2D eigenvalue weighted by atomic mass is 35.5. The maximum atomic E-state index is 13.3. The lowest BCUT2D eigenvalue weighted by atomic mass is 10.0. The van der Waals surface area contributed by atoms with Crippen molar-refractivity contribution in [3.8, 4) is 11.5 Å². The van der Waals surface area contributed by atoms with E-state index in [4.69, 9.17) is 25.5 Å². The molecule has 0 saturated heterocycles. The number of fused-ring (bicyclic) bond motifs is 2. The molecule has 29 heavy (non-hydrogen) atoms. The fourth-order valence-corrected chi connectivity index (χ4v) is 5.46. The summed E-state index contributed by atoms with van der Waals surface area (Å²) in [5.41, 5.74) is 2.44. The Morgan fingerprint density at radius 1 is 1.07 bits per heavy atom. The van der Waals surface area contributed by atoms with Crippen LogP contribution >= 0.6 is 11.6 Å². The van der Waals surface area contributed by atoms with E-state index in [1.807, 2.05) is 6.07 Å². The Kier molecular flexibility index (Phi) is 4.84. The Hall–Kier alpha value is -2.49. The van der Waals surface area contributed by atoms with E-state index in [2.05, 4.69) is 0 Å². The number of oxazole rings is 1. The monoisotopic (exact) mass is 438 g/mol. The van der Waals surface area contributed by atoms with Gasteiger partial charge in [-0.25, -0.2) is 13.2 Å². The summed E-state index contributed by atoms with van der Waals surface area (Å²) in [5.74, 6) is 0.560. The first-order valence-electron chi connectivity index (χ1n) is 8.79. The second-order valence-electron chi connectivity index (χ2n) is 6.74. The van der Waals surface area contributed by atoms with Gasteiger partial charge in [0.1, 0.15) is 4.90 Å². The minimum atomic E-state index is -3.91. The van der Waals surface area contributed by atoms with Crippen LogP contribution in [0.3, 0.4) is 0 Å². The van der Waals surface area contributed by atoms with Crippen molar-refractivity contribution in [2.75, 3.05) is 20.8 Å². The van der Waals surface area contributed by atoms with Gasteiger partial charge in [-0.3, -0.25) is 4.57 Å². The van der Waals surface area contributed by atoms with Crippen molar-refractivity contribution in [3.05, 3.63) is 51.0 Å². The van der Waals surface area contributed by atoms with Gasteiger partial charge in [0.25, 0.3) is 0 Å². The number of benzene rings is 2. The molecule has 0 unspecified atom stereocenters. The smallest absolute Gasteiger partial charge is 0.419 e. The van der Waals surface area contributed by atoms with E-state index in [0.29, 0.717) is 23.4 Å². The first kappa shape index (κ1) is 19.8. The summed E-state index contributed by atoms with van der Waals surface area (Å²) in [6.07, 6.45) is 0.523. The van der Waals surface area contributed by atoms with Gasteiger partial charge in [-0.05, 0) is 35.7 Å². The molecule has 1 aliphatic rings. The molecule has 0 radical (unpaired) electrons. The van der Waals surface area contributed by atoms with Crippen molar-refractivity contribution in [3.63, 3.8) is 0 Å². The molecule has 1 aromatic heterocycles. The van der Waals surface area contributed by atoms with Gasteiger partial charge in [-0.2, -0.15) is 4.31 Å². The maximum absolute atomic E-state index is 13.3. The molecule has 0 aliphatic carbocycles. The second-order valence-corrected chi connectivity index (χ2v) is 9.06. The molecule has 3 aromatic rings. The van der Waals surface area contributed by atoms with E-state index in [9.17, 15) is 13.2 Å². The Bertz CT molecular complexity index is 1280. The van der Waals surface area contributed by atoms with E-state index in [1.165, 1.54) is 35.2 Å². The summed E-state index contributed by atoms with van der Waals surface area (Å²) in [7, 11) is 0.713. The third-order valence-electron chi connectivity index (χ3n) is 5.15. The van der Waals surface area contributed by atoms with E-state index < -0.39 is 15.8 Å². The van der Waals surface area contributed by atoms with Crippen molar-refractivity contribution < 1.29 is 22.3 Å². The van der Waals surface area contributed by atoms with E-state index in [-0.39, 0.29) is 28.6 Å². The van der Waals surface area contributed by atoms with Crippen LogP contribution in [0.25, 0.3) is 11.1 Å². The third-order valence-corrected chi connectivity index (χ3v) is 7.46. The zero-order chi connectivity index (χ0) is 20.9. The maximum Gasteiger partial charge on any atom is 0.419 e. The predicted octanol–water partition coefficient (Wildman–Crippen LogP) is 2.55. The Morgan fingerprint density at radius 3 is 2.38 bits per heavy atom. The predicted molar refractivity (Wildman–Crippen MR) is 107 cm³/mol. The van der Waals surface area contributed by atoms with Crippen LogP contribution in [0.2, 0.25) is 5.02 Å². The summed E-state index contributed by atoms with van der Waals surface area (Å²) < 4.78 is 45.0. The van der Waals surface area contributed by atoms with Crippen LogP contribution in [0.15, 0.2) is 38.4 Å². The molecule has 2 aromatic carbocycles.